The highest BCUT2D eigenvalue weighted by Gasteiger charge is 2.01. The number of hydrogen-bond acceptors (Lipinski definition) is 2. The topological polar surface area (TPSA) is 29.1 Å². The molecule has 70 valence electrons. The summed E-state index contributed by atoms with van der Waals surface area (Å²) in [5.41, 5.74) is 0.397. The van der Waals surface area contributed by atoms with Crippen LogP contribution in [0.2, 0.25) is 0 Å². The van der Waals surface area contributed by atoms with Gasteiger partial charge < -0.3 is 5.32 Å². The molecule has 0 saturated heterocycles. The number of nitrogens with one attached hydrogen (secondary N) is 1. The summed E-state index contributed by atoms with van der Waals surface area (Å²) in [4.78, 5) is 10.5. The lowest BCUT2D eigenvalue weighted by Gasteiger charge is -2.03. The van der Waals surface area contributed by atoms with E-state index >= 15 is 0 Å². The van der Waals surface area contributed by atoms with Gasteiger partial charge in [0.25, 0.3) is 0 Å². The zero-order valence-corrected chi connectivity index (χ0v) is 7.10. The molecule has 13 heavy (non-hydrogen) atoms. The van der Waals surface area contributed by atoms with Crippen LogP contribution >= 0.6 is 0 Å². The molecule has 0 fully saturated rings. The lowest BCUT2D eigenvalue weighted by molar-refractivity contribution is -0.115. The highest BCUT2D eigenvalue weighted by molar-refractivity contribution is 5.80. The maximum atomic E-state index is 12.6. The van der Waals surface area contributed by atoms with Crippen molar-refractivity contribution in [2.45, 2.75) is 6.92 Å². The van der Waals surface area contributed by atoms with E-state index < -0.39 is 11.6 Å². The van der Waals surface area contributed by atoms with Crippen LogP contribution in [0.3, 0.4) is 0 Å². The predicted octanol–water partition coefficient (Wildman–Crippen LogP) is 1.97. The Balaban J connectivity index is 2.68. The second kappa shape index (κ2) is 3.98. The van der Waals surface area contributed by atoms with Crippen molar-refractivity contribution in [1.29, 1.82) is 0 Å². The standard InChI is InChI=1S/C9H9F2NO/c1-6(13)5-12-7-2-3-8(10)9(11)4-7/h2-4,12H,5H2,1H3. The van der Waals surface area contributed by atoms with E-state index in [-0.39, 0.29) is 12.3 Å². The van der Waals surface area contributed by atoms with Gasteiger partial charge in [-0.25, -0.2) is 8.78 Å². The molecule has 0 bridgehead atoms. The van der Waals surface area contributed by atoms with Crippen molar-refractivity contribution in [2.24, 2.45) is 0 Å². The predicted molar refractivity (Wildman–Crippen MR) is 45.5 cm³/mol. The second-order valence-electron chi connectivity index (χ2n) is 2.68. The van der Waals surface area contributed by atoms with E-state index in [4.69, 9.17) is 0 Å². The van der Waals surface area contributed by atoms with Gasteiger partial charge in [-0.1, -0.05) is 0 Å². The van der Waals surface area contributed by atoms with Crippen molar-refractivity contribution < 1.29 is 13.6 Å². The largest absolute Gasteiger partial charge is 0.378 e. The fourth-order valence-electron chi connectivity index (χ4n) is 0.833. The summed E-state index contributed by atoms with van der Waals surface area (Å²) >= 11 is 0. The van der Waals surface area contributed by atoms with E-state index in [0.29, 0.717) is 5.69 Å². The van der Waals surface area contributed by atoms with E-state index in [1.807, 2.05) is 0 Å². The number of anilines is 1. The van der Waals surface area contributed by atoms with Gasteiger partial charge in [-0.3, -0.25) is 4.79 Å². The number of ketones is 1. The molecule has 0 unspecified atom stereocenters. The zero-order chi connectivity index (χ0) is 9.84. The molecule has 0 aromatic heterocycles. The number of benzene rings is 1. The number of Topliss-reactive ketones (excluding diaryl/α,β-unsaturated/α-hetero) is 1. The molecule has 4 heteroatoms. The summed E-state index contributed by atoms with van der Waals surface area (Å²) in [6.07, 6.45) is 0. The first-order valence-electron chi connectivity index (χ1n) is 3.78. The molecule has 0 radical (unpaired) electrons. The van der Waals surface area contributed by atoms with Crippen molar-refractivity contribution in [3.63, 3.8) is 0 Å². The summed E-state index contributed by atoms with van der Waals surface area (Å²) in [7, 11) is 0. The van der Waals surface area contributed by atoms with Crippen molar-refractivity contribution in [3.8, 4) is 0 Å². The van der Waals surface area contributed by atoms with Gasteiger partial charge in [0.05, 0.1) is 6.54 Å². The maximum absolute atomic E-state index is 12.6. The average Bonchev–Trinajstić information content (AvgIpc) is 2.07. The van der Waals surface area contributed by atoms with Crippen molar-refractivity contribution in [1.82, 2.24) is 0 Å². The maximum Gasteiger partial charge on any atom is 0.160 e. The van der Waals surface area contributed by atoms with Crippen LogP contribution in [-0.4, -0.2) is 12.3 Å². The molecular weight excluding hydrogens is 176 g/mol. The van der Waals surface area contributed by atoms with Gasteiger partial charge in [-0.05, 0) is 19.1 Å². The molecule has 1 rings (SSSR count). The number of carbonyl (C=O) groups excluding carboxylic acids is 1. The minimum absolute atomic E-state index is 0.0651. The highest BCUT2D eigenvalue weighted by atomic mass is 19.2. The summed E-state index contributed by atoms with van der Waals surface area (Å²) in [6, 6.07) is 3.40. The van der Waals surface area contributed by atoms with Gasteiger partial charge in [0.1, 0.15) is 5.78 Å². The summed E-state index contributed by atoms with van der Waals surface area (Å²) < 4.78 is 25.0. The van der Waals surface area contributed by atoms with Gasteiger partial charge >= 0.3 is 0 Å². The van der Waals surface area contributed by atoms with Crippen LogP contribution in [0.5, 0.6) is 0 Å². The average molecular weight is 185 g/mol. The van der Waals surface area contributed by atoms with Gasteiger partial charge in [0, 0.05) is 11.8 Å². The van der Waals surface area contributed by atoms with Gasteiger partial charge in [-0.2, -0.15) is 0 Å². The Morgan fingerprint density at radius 1 is 1.38 bits per heavy atom. The normalized spacial score (nSPS) is 9.77. The highest BCUT2D eigenvalue weighted by Crippen LogP contribution is 2.12. The van der Waals surface area contributed by atoms with Gasteiger partial charge in [0.15, 0.2) is 11.6 Å². The quantitative estimate of drug-likeness (QED) is 0.779. The minimum atomic E-state index is -0.923. The lowest BCUT2D eigenvalue weighted by Crippen LogP contribution is -2.09. The Kier molecular flexibility index (Phi) is 2.95. The summed E-state index contributed by atoms with van der Waals surface area (Å²) in [6.45, 7) is 1.53. The first kappa shape index (κ1) is 9.64. The SMILES string of the molecule is CC(=O)CNc1ccc(F)c(F)c1. The van der Waals surface area contributed by atoms with E-state index in [1.54, 1.807) is 0 Å². The Morgan fingerprint density at radius 2 is 2.08 bits per heavy atom. The molecule has 0 aliphatic carbocycles. The number of halogens is 2. The third-order valence-corrected chi connectivity index (χ3v) is 1.46. The first-order chi connectivity index (χ1) is 6.09. The van der Waals surface area contributed by atoms with E-state index in [2.05, 4.69) is 5.32 Å². The molecule has 0 amide bonds. The Labute approximate surface area is 74.6 Å². The van der Waals surface area contributed by atoms with E-state index in [0.717, 1.165) is 12.1 Å². The summed E-state index contributed by atoms with van der Waals surface area (Å²) in [5.74, 6) is -1.88. The molecule has 0 aliphatic rings. The van der Waals surface area contributed by atoms with Gasteiger partial charge in [0.2, 0.25) is 0 Å². The van der Waals surface area contributed by atoms with Crippen LogP contribution in [0.25, 0.3) is 0 Å². The third-order valence-electron chi connectivity index (χ3n) is 1.46. The fraction of sp³-hybridized carbons (Fsp3) is 0.222. The van der Waals surface area contributed by atoms with Crippen LogP contribution in [0, 0.1) is 11.6 Å². The molecule has 1 aromatic carbocycles. The van der Waals surface area contributed by atoms with Crippen molar-refractivity contribution in [3.05, 3.63) is 29.8 Å². The fourth-order valence-corrected chi connectivity index (χ4v) is 0.833. The smallest absolute Gasteiger partial charge is 0.160 e. The van der Waals surface area contributed by atoms with Crippen LogP contribution in [0.1, 0.15) is 6.92 Å². The number of hydrogen-bond donors (Lipinski definition) is 1. The molecular formula is C9H9F2NO. The third kappa shape index (κ3) is 2.82. The Morgan fingerprint density at radius 3 is 2.62 bits per heavy atom. The van der Waals surface area contributed by atoms with Crippen LogP contribution in [0.15, 0.2) is 18.2 Å². The number of rotatable bonds is 3. The minimum Gasteiger partial charge on any atom is -0.378 e. The second-order valence-corrected chi connectivity index (χ2v) is 2.68. The van der Waals surface area contributed by atoms with E-state index in [9.17, 15) is 13.6 Å². The first-order valence-corrected chi connectivity index (χ1v) is 3.78. The monoisotopic (exact) mass is 185 g/mol. The van der Waals surface area contributed by atoms with E-state index in [1.165, 1.54) is 13.0 Å². The zero-order valence-electron chi connectivity index (χ0n) is 7.10. The number of carbonyl (C=O) groups is 1. The molecule has 0 atom stereocenters. The lowest BCUT2D eigenvalue weighted by atomic mass is 10.3. The van der Waals surface area contributed by atoms with Crippen LogP contribution in [0.4, 0.5) is 14.5 Å². The molecule has 2 nitrogen and oxygen atoms in total. The Bertz CT molecular complexity index is 325. The van der Waals surface area contributed by atoms with Crippen molar-refractivity contribution >= 4 is 11.5 Å². The molecule has 1 N–H and O–H groups in total. The van der Waals surface area contributed by atoms with Crippen LogP contribution < -0.4 is 5.32 Å². The molecule has 0 aliphatic heterocycles. The van der Waals surface area contributed by atoms with Gasteiger partial charge in [-0.15, -0.1) is 0 Å². The molecule has 1 aromatic rings. The summed E-state index contributed by atoms with van der Waals surface area (Å²) in [5, 5.41) is 2.66. The molecule has 0 saturated carbocycles. The van der Waals surface area contributed by atoms with Crippen LogP contribution in [-0.2, 0) is 4.79 Å². The molecule has 0 spiro atoms. The Hall–Kier alpha value is -1.45. The molecule has 0 heterocycles. The van der Waals surface area contributed by atoms with Crippen molar-refractivity contribution in [2.75, 3.05) is 11.9 Å².